The Morgan fingerprint density at radius 2 is 1.65 bits per heavy atom. The Labute approximate surface area is 371 Å². The molecule has 0 saturated carbocycles. The summed E-state index contributed by atoms with van der Waals surface area (Å²) in [5.74, 6) is -6.47. The van der Waals surface area contributed by atoms with Crippen LogP contribution in [0, 0.1) is 11.7 Å². The fraction of sp³-hybridized carbons (Fsp3) is 0.364. The van der Waals surface area contributed by atoms with Crippen LogP contribution in [0.2, 0.25) is 0 Å². The summed E-state index contributed by atoms with van der Waals surface area (Å²) < 4.78 is 137. The van der Waals surface area contributed by atoms with E-state index in [0.29, 0.717) is 40.5 Å². The fourth-order valence-corrected chi connectivity index (χ4v) is 7.84. The van der Waals surface area contributed by atoms with E-state index in [2.05, 4.69) is 20.9 Å². The van der Waals surface area contributed by atoms with Gasteiger partial charge in [0.15, 0.2) is 5.82 Å². The van der Waals surface area contributed by atoms with Crippen LogP contribution in [0.25, 0.3) is 0 Å². The molecule has 0 bridgehead atoms. The van der Waals surface area contributed by atoms with Gasteiger partial charge in [-0.05, 0) is 61.6 Å². The molecule has 4 aliphatic rings. The Balaban J connectivity index is 0.974. The molecule has 1 atom stereocenters. The number of methoxy groups -OCH3 is 1. The number of aromatic nitrogens is 1. The molecule has 63 heavy (non-hydrogen) atoms. The van der Waals surface area contributed by atoms with Gasteiger partial charge in [0.1, 0.15) is 17.6 Å². The third-order valence-electron chi connectivity index (χ3n) is 11.1. The van der Waals surface area contributed by atoms with Gasteiger partial charge >= 0.3 is 6.18 Å². The largest absolute Gasteiger partial charge is 0.494 e. The average molecular weight is 880 g/mol. The second-order valence-electron chi connectivity index (χ2n) is 15.0. The number of piperazine rings is 1. The zero-order chi connectivity index (χ0) is 51.7. The lowest BCUT2D eigenvalue weighted by Gasteiger charge is -2.40. The van der Waals surface area contributed by atoms with Crippen LogP contribution in [0.4, 0.5) is 51.8 Å². The highest BCUT2D eigenvalue weighted by atomic mass is 19.4. The Morgan fingerprint density at radius 3 is 2.35 bits per heavy atom. The highest BCUT2D eigenvalue weighted by Gasteiger charge is 2.47. The summed E-state index contributed by atoms with van der Waals surface area (Å²) in [4.78, 5) is 70.4. The number of anilines is 6. The number of hydrogen-bond donors (Lipinski definition) is 4. The molecular formula is C44H45F4N9O6. The molecule has 4 aromatic rings. The Morgan fingerprint density at radius 1 is 0.905 bits per heavy atom. The van der Waals surface area contributed by atoms with Gasteiger partial charge in [-0.15, -0.1) is 0 Å². The Kier molecular flexibility index (Phi) is 9.42. The van der Waals surface area contributed by atoms with E-state index < -0.39 is 108 Å². The highest BCUT2D eigenvalue weighted by molar-refractivity contribution is 6.24. The summed E-state index contributed by atoms with van der Waals surface area (Å²) in [6.07, 6.45) is -4.07. The van der Waals surface area contributed by atoms with Crippen molar-refractivity contribution >= 4 is 63.8 Å². The van der Waals surface area contributed by atoms with Crippen molar-refractivity contribution in [3.63, 3.8) is 0 Å². The van der Waals surface area contributed by atoms with Crippen LogP contribution in [0.1, 0.15) is 73.3 Å². The van der Waals surface area contributed by atoms with Crippen LogP contribution >= 0.6 is 0 Å². The molecule has 8 rings (SSSR count). The molecule has 3 aromatic carbocycles. The minimum absolute atomic E-state index is 0.00137. The molecule has 1 unspecified atom stereocenters. The van der Waals surface area contributed by atoms with Gasteiger partial charge in [-0.3, -0.25) is 39.1 Å². The van der Waals surface area contributed by atoms with Crippen LogP contribution in [0.5, 0.6) is 5.75 Å². The number of fused-ring (bicyclic) bond motifs is 1. The molecule has 4 aliphatic heterocycles. The molecule has 4 N–H and O–H groups in total. The third-order valence-corrected chi connectivity index (χ3v) is 11.1. The van der Waals surface area contributed by atoms with Crippen molar-refractivity contribution < 1.29 is 57.2 Å². The summed E-state index contributed by atoms with van der Waals surface area (Å²) >= 11 is 0. The zero-order valence-corrected chi connectivity index (χ0v) is 33.7. The van der Waals surface area contributed by atoms with Crippen LogP contribution in [0.15, 0.2) is 66.9 Å². The number of pyridine rings is 1. The topological polar surface area (TPSA) is 169 Å². The molecule has 5 amide bonds. The van der Waals surface area contributed by atoms with Gasteiger partial charge in [-0.25, -0.2) is 9.37 Å². The number of imide groups is 2. The molecule has 330 valence electrons. The number of ether oxygens (including phenoxy) is 1. The van der Waals surface area contributed by atoms with Crippen LogP contribution in [0.3, 0.4) is 0 Å². The number of carbonyl (C=O) groups excluding carboxylic acids is 5. The van der Waals surface area contributed by atoms with Crippen molar-refractivity contribution in [2.45, 2.75) is 37.9 Å². The van der Waals surface area contributed by atoms with E-state index in [-0.39, 0.29) is 59.1 Å². The van der Waals surface area contributed by atoms with Crippen molar-refractivity contribution in [1.29, 1.82) is 0 Å². The second kappa shape index (κ2) is 17.5. The molecule has 3 fully saturated rings. The van der Waals surface area contributed by atoms with Crippen molar-refractivity contribution in [2.75, 3.05) is 80.2 Å². The van der Waals surface area contributed by atoms with Gasteiger partial charge in [0.25, 0.3) is 17.7 Å². The molecule has 0 radical (unpaired) electrons. The number of rotatable bonds is 11. The van der Waals surface area contributed by atoms with Gasteiger partial charge in [-0.1, -0.05) is 12.1 Å². The van der Waals surface area contributed by atoms with E-state index in [9.17, 15) is 37.1 Å². The lowest BCUT2D eigenvalue weighted by atomic mass is 9.95. The molecule has 5 heterocycles. The number of carbonyl (C=O) groups is 5. The number of para-hydroxylation sites is 1. The Hall–Kier alpha value is -6.76. The first-order valence-corrected chi connectivity index (χ1v) is 19.7. The minimum atomic E-state index is -4.80. The molecule has 19 heteroatoms. The number of nitrogens with one attached hydrogen (secondary N) is 4. The smallest absolute Gasteiger partial charge is 0.419 e. The van der Waals surface area contributed by atoms with Gasteiger partial charge in [0, 0.05) is 88.6 Å². The monoisotopic (exact) mass is 879 g/mol. The summed E-state index contributed by atoms with van der Waals surface area (Å²) in [6, 6.07) is 12.3. The fourth-order valence-electron chi connectivity index (χ4n) is 7.84. The van der Waals surface area contributed by atoms with E-state index >= 15 is 4.39 Å². The van der Waals surface area contributed by atoms with E-state index in [0.717, 1.165) is 18.2 Å². The predicted molar refractivity (Wildman–Crippen MR) is 225 cm³/mol. The minimum Gasteiger partial charge on any atom is -0.494 e. The molecule has 3 saturated heterocycles. The number of amides is 5. The standard InChI is InChI=1S/C44H45F4N9O6/c1-49-40(59)27-5-3-4-6-30(27)51-32-22-36(50-23-29(32)44(46,47)48)52-31-9-7-26(21-35(31)63-2)55-15-13-25(14-16-55)24-54-17-19-56(20-18-54)33-10-8-28-38(39(33)45)43(62)57(42(28)61)34-11-12-37(58)53-41(34)60/h3-10,21-23,25,34H,11-20,24H2,1-2H3,(H,49,59)(H2,50,51,52)(H,53,58,60)/i17D2,18D2,19D2,20D2. The lowest BCUT2D eigenvalue weighted by Crippen LogP contribution is -2.54. The van der Waals surface area contributed by atoms with Crippen molar-refractivity contribution in [3.8, 4) is 5.75 Å². The van der Waals surface area contributed by atoms with Gasteiger partial charge in [-0.2, -0.15) is 13.2 Å². The van der Waals surface area contributed by atoms with E-state index in [1.165, 1.54) is 26.3 Å². The summed E-state index contributed by atoms with van der Waals surface area (Å²) in [6.45, 7) is -13.7. The van der Waals surface area contributed by atoms with Crippen LogP contribution < -0.4 is 35.8 Å². The van der Waals surface area contributed by atoms with Crippen molar-refractivity contribution in [3.05, 3.63) is 94.9 Å². The number of alkyl halides is 3. The molecule has 1 aromatic heterocycles. The number of benzene rings is 3. The summed E-state index contributed by atoms with van der Waals surface area (Å²) in [5, 5.41) is 10.2. The maximum absolute atomic E-state index is 16.6. The van der Waals surface area contributed by atoms with Crippen LogP contribution in [-0.2, 0) is 15.8 Å². The van der Waals surface area contributed by atoms with E-state index in [1.807, 2.05) is 10.2 Å². The molecule has 0 spiro atoms. The highest BCUT2D eigenvalue weighted by Crippen LogP contribution is 2.40. The van der Waals surface area contributed by atoms with E-state index in [4.69, 9.17) is 15.7 Å². The predicted octanol–water partition coefficient (Wildman–Crippen LogP) is 5.53. The second-order valence-corrected chi connectivity index (χ2v) is 15.0. The van der Waals surface area contributed by atoms with Gasteiger partial charge < -0.3 is 30.5 Å². The number of nitrogens with zero attached hydrogens (tertiary/aromatic N) is 5. The molecule has 0 aliphatic carbocycles. The first-order valence-electron chi connectivity index (χ1n) is 23.7. The SMILES string of the molecule is [2H]C1([2H])N(CC2CCN(c3ccc(Nc4cc(Nc5ccccc5C(=O)NC)c(C(F)(F)F)cn4)c(OC)c3)CC2)C([2H])([2H])C([2H])([2H])N(c2ccc3c(c2F)C(=O)N(C2CCC(=O)NC2=O)C3=O)C1([2H])[2H]. The van der Waals surface area contributed by atoms with Crippen molar-refractivity contribution in [1.82, 2.24) is 25.4 Å². The summed E-state index contributed by atoms with van der Waals surface area (Å²) in [7, 11) is 2.78. The number of piperidine rings is 2. The zero-order valence-electron chi connectivity index (χ0n) is 41.7. The maximum Gasteiger partial charge on any atom is 0.419 e. The number of halogens is 4. The normalized spacial score (nSPS) is 23.7. The van der Waals surface area contributed by atoms with Gasteiger partial charge in [0.2, 0.25) is 11.8 Å². The number of hydrogen-bond acceptors (Lipinski definition) is 12. The first-order chi connectivity index (χ1) is 33.3. The van der Waals surface area contributed by atoms with E-state index in [1.54, 1.807) is 30.3 Å². The Bertz CT molecular complexity index is 2830. The van der Waals surface area contributed by atoms with Crippen LogP contribution in [-0.4, -0.2) is 110 Å². The van der Waals surface area contributed by atoms with Crippen molar-refractivity contribution in [2.24, 2.45) is 5.92 Å². The lowest BCUT2D eigenvalue weighted by molar-refractivity contribution is -0.137. The first kappa shape index (κ1) is 33.8. The molecular weight excluding hydrogens is 827 g/mol. The summed E-state index contributed by atoms with van der Waals surface area (Å²) in [5.41, 5.74) is -2.83. The molecule has 15 nitrogen and oxygen atoms in total. The quantitative estimate of drug-likeness (QED) is 0.110. The maximum atomic E-state index is 16.6. The average Bonchev–Trinajstić information content (AvgIpc) is 3.56. The van der Waals surface area contributed by atoms with Gasteiger partial charge in [0.05, 0.1) is 57.6 Å². The third kappa shape index (κ3) is 8.69.